The molecule has 0 amide bonds. The molecule has 2 heterocycles. The third-order valence-corrected chi connectivity index (χ3v) is 3.96. The van der Waals surface area contributed by atoms with Crippen molar-refractivity contribution in [2.24, 2.45) is 0 Å². The number of alkyl halides is 3. The summed E-state index contributed by atoms with van der Waals surface area (Å²) in [5, 5.41) is 0.634. The van der Waals surface area contributed by atoms with E-state index in [9.17, 15) is 18.0 Å². The molecule has 0 fully saturated rings. The number of hydrogen-bond donors (Lipinski definition) is 1. The van der Waals surface area contributed by atoms with Crippen LogP contribution < -0.4 is 11.3 Å². The average molecular weight is 352 g/mol. The molecule has 2 aromatic heterocycles. The van der Waals surface area contributed by atoms with Gasteiger partial charge >= 0.3 is 6.18 Å². The lowest BCUT2D eigenvalue weighted by atomic mass is 10.1. The standard InChI is InChI=1S/C15H11F3N4OS/c1-24-14-20-7-8-10(19)6-12(23)22(13(8)21-14)11-5-3-2-4-9(11)15(16,17)18/h2-7H,19H2,1H3. The van der Waals surface area contributed by atoms with Crippen molar-refractivity contribution >= 4 is 28.5 Å². The number of nitrogens with zero attached hydrogens (tertiary/aromatic N) is 3. The smallest absolute Gasteiger partial charge is 0.398 e. The van der Waals surface area contributed by atoms with Crippen molar-refractivity contribution in [2.75, 3.05) is 12.0 Å². The second-order valence-corrected chi connectivity index (χ2v) is 5.66. The molecule has 0 saturated heterocycles. The summed E-state index contributed by atoms with van der Waals surface area (Å²) in [6.07, 6.45) is -1.49. The molecule has 24 heavy (non-hydrogen) atoms. The molecule has 0 saturated carbocycles. The minimum Gasteiger partial charge on any atom is -0.398 e. The molecular formula is C15H11F3N4OS. The topological polar surface area (TPSA) is 73.8 Å². The summed E-state index contributed by atoms with van der Waals surface area (Å²) < 4.78 is 40.9. The number of rotatable bonds is 2. The summed E-state index contributed by atoms with van der Waals surface area (Å²) in [5.41, 5.74) is 4.03. The zero-order valence-corrected chi connectivity index (χ0v) is 13.1. The van der Waals surface area contributed by atoms with Gasteiger partial charge in [-0.25, -0.2) is 9.97 Å². The highest BCUT2D eigenvalue weighted by molar-refractivity contribution is 7.98. The van der Waals surface area contributed by atoms with E-state index in [-0.39, 0.29) is 17.0 Å². The number of fused-ring (bicyclic) bond motifs is 1. The molecule has 5 nitrogen and oxygen atoms in total. The first-order valence-corrected chi connectivity index (χ1v) is 7.94. The minimum atomic E-state index is -4.61. The first kappa shape index (κ1) is 16.3. The van der Waals surface area contributed by atoms with E-state index in [0.717, 1.165) is 16.7 Å². The number of hydrogen-bond acceptors (Lipinski definition) is 5. The Kier molecular flexibility index (Phi) is 3.96. The summed E-state index contributed by atoms with van der Waals surface area (Å²) in [4.78, 5) is 20.6. The summed E-state index contributed by atoms with van der Waals surface area (Å²) in [6, 6.07) is 5.90. The van der Waals surface area contributed by atoms with Crippen LogP contribution in [0.15, 0.2) is 46.5 Å². The molecule has 0 aliphatic heterocycles. The van der Waals surface area contributed by atoms with Gasteiger partial charge in [0, 0.05) is 18.0 Å². The van der Waals surface area contributed by atoms with Crippen LogP contribution in [-0.4, -0.2) is 20.8 Å². The highest BCUT2D eigenvalue weighted by Crippen LogP contribution is 2.34. The van der Waals surface area contributed by atoms with Gasteiger partial charge < -0.3 is 5.73 Å². The molecule has 2 N–H and O–H groups in total. The zero-order valence-electron chi connectivity index (χ0n) is 12.3. The van der Waals surface area contributed by atoms with Crippen LogP contribution in [0.4, 0.5) is 18.9 Å². The molecule has 0 atom stereocenters. The van der Waals surface area contributed by atoms with E-state index in [1.165, 1.54) is 36.2 Å². The molecule has 0 unspecified atom stereocenters. The summed E-state index contributed by atoms with van der Waals surface area (Å²) in [5.74, 6) is 0. The van der Waals surface area contributed by atoms with Gasteiger partial charge in [0.25, 0.3) is 5.56 Å². The number of para-hydroxylation sites is 1. The molecule has 9 heteroatoms. The first-order chi connectivity index (χ1) is 11.3. The van der Waals surface area contributed by atoms with Crippen molar-refractivity contribution in [3.8, 4) is 5.69 Å². The van der Waals surface area contributed by atoms with Crippen molar-refractivity contribution < 1.29 is 13.2 Å². The number of nitrogen functional groups attached to an aromatic ring is 1. The Hall–Kier alpha value is -2.55. The van der Waals surface area contributed by atoms with E-state index in [1.807, 2.05) is 0 Å². The monoisotopic (exact) mass is 352 g/mol. The van der Waals surface area contributed by atoms with Crippen LogP contribution in [0.3, 0.4) is 0 Å². The number of anilines is 1. The van der Waals surface area contributed by atoms with Gasteiger partial charge in [-0.05, 0) is 18.4 Å². The van der Waals surface area contributed by atoms with Crippen LogP contribution in [-0.2, 0) is 6.18 Å². The Labute approximate surface area is 138 Å². The van der Waals surface area contributed by atoms with Crippen molar-refractivity contribution in [1.82, 2.24) is 14.5 Å². The fraction of sp³-hybridized carbons (Fsp3) is 0.133. The Bertz CT molecular complexity index is 985. The second kappa shape index (κ2) is 5.82. The Morgan fingerprint density at radius 3 is 2.62 bits per heavy atom. The molecule has 0 aliphatic rings. The van der Waals surface area contributed by atoms with Crippen molar-refractivity contribution in [2.45, 2.75) is 11.3 Å². The number of halogens is 3. The maximum atomic E-state index is 13.3. The van der Waals surface area contributed by atoms with E-state index >= 15 is 0 Å². The molecule has 0 bridgehead atoms. The van der Waals surface area contributed by atoms with Crippen molar-refractivity contribution in [3.63, 3.8) is 0 Å². The molecule has 0 aliphatic carbocycles. The predicted octanol–water partition coefficient (Wildman–Crippen LogP) is 3.10. The molecule has 3 aromatic rings. The normalized spacial score (nSPS) is 11.8. The summed E-state index contributed by atoms with van der Waals surface area (Å²) >= 11 is 1.21. The highest BCUT2D eigenvalue weighted by atomic mass is 32.2. The van der Waals surface area contributed by atoms with Gasteiger partial charge in [-0.2, -0.15) is 13.2 Å². The van der Waals surface area contributed by atoms with E-state index in [4.69, 9.17) is 5.73 Å². The SMILES string of the molecule is CSc1ncc2c(N)cc(=O)n(-c3ccccc3C(F)(F)F)c2n1. The Morgan fingerprint density at radius 2 is 1.96 bits per heavy atom. The lowest BCUT2D eigenvalue weighted by Gasteiger charge is -2.16. The van der Waals surface area contributed by atoms with Crippen molar-refractivity contribution in [3.05, 3.63) is 52.4 Å². The predicted molar refractivity (Wildman–Crippen MR) is 86.3 cm³/mol. The van der Waals surface area contributed by atoms with Crippen LogP contribution >= 0.6 is 11.8 Å². The third-order valence-electron chi connectivity index (χ3n) is 3.40. The fourth-order valence-corrected chi connectivity index (χ4v) is 2.69. The van der Waals surface area contributed by atoms with Gasteiger partial charge in [0.15, 0.2) is 10.8 Å². The lowest BCUT2D eigenvalue weighted by molar-refractivity contribution is -0.137. The molecule has 0 radical (unpaired) electrons. The molecular weight excluding hydrogens is 341 g/mol. The van der Waals surface area contributed by atoms with Gasteiger partial charge in [0.05, 0.1) is 16.6 Å². The fourth-order valence-electron chi connectivity index (χ4n) is 2.35. The molecule has 124 valence electrons. The van der Waals surface area contributed by atoms with Crippen LogP contribution in [0.1, 0.15) is 5.56 Å². The molecule has 1 aromatic carbocycles. The van der Waals surface area contributed by atoms with Gasteiger partial charge in [-0.1, -0.05) is 23.9 Å². The zero-order chi connectivity index (χ0) is 17.5. The third kappa shape index (κ3) is 2.71. The van der Waals surface area contributed by atoms with Crippen LogP contribution in [0.2, 0.25) is 0 Å². The van der Waals surface area contributed by atoms with Gasteiger partial charge in [-0.15, -0.1) is 0 Å². The first-order valence-electron chi connectivity index (χ1n) is 6.72. The van der Waals surface area contributed by atoms with Gasteiger partial charge in [0.1, 0.15) is 0 Å². The number of pyridine rings is 1. The van der Waals surface area contributed by atoms with E-state index in [0.29, 0.717) is 10.5 Å². The van der Waals surface area contributed by atoms with E-state index in [1.54, 1.807) is 6.26 Å². The van der Waals surface area contributed by atoms with Crippen LogP contribution in [0.25, 0.3) is 16.7 Å². The number of thioether (sulfide) groups is 1. The van der Waals surface area contributed by atoms with E-state index < -0.39 is 17.3 Å². The molecule has 3 rings (SSSR count). The van der Waals surface area contributed by atoms with Crippen molar-refractivity contribution in [1.29, 1.82) is 0 Å². The quantitative estimate of drug-likeness (QED) is 0.567. The maximum Gasteiger partial charge on any atom is 0.418 e. The minimum absolute atomic E-state index is 0.0380. The van der Waals surface area contributed by atoms with Crippen LogP contribution in [0, 0.1) is 0 Å². The van der Waals surface area contributed by atoms with Crippen LogP contribution in [0.5, 0.6) is 0 Å². The highest BCUT2D eigenvalue weighted by Gasteiger charge is 2.34. The average Bonchev–Trinajstić information content (AvgIpc) is 2.53. The largest absolute Gasteiger partial charge is 0.418 e. The number of nitrogens with two attached hydrogens (primary N) is 1. The molecule has 0 spiro atoms. The van der Waals surface area contributed by atoms with E-state index in [2.05, 4.69) is 9.97 Å². The number of benzene rings is 1. The van der Waals surface area contributed by atoms with Gasteiger partial charge in [-0.3, -0.25) is 9.36 Å². The number of aromatic nitrogens is 3. The maximum absolute atomic E-state index is 13.3. The van der Waals surface area contributed by atoms with Gasteiger partial charge in [0.2, 0.25) is 0 Å². The Morgan fingerprint density at radius 1 is 1.25 bits per heavy atom. The second-order valence-electron chi connectivity index (χ2n) is 4.88. The summed E-state index contributed by atoms with van der Waals surface area (Å²) in [6.45, 7) is 0. The summed E-state index contributed by atoms with van der Waals surface area (Å²) in [7, 11) is 0. The lowest BCUT2D eigenvalue weighted by Crippen LogP contribution is -2.23. The Balaban J connectivity index is 2.46.